The number of carboxylic acid groups (broad SMARTS) is 1. The summed E-state index contributed by atoms with van der Waals surface area (Å²) in [6.45, 7) is 0.538. The van der Waals surface area contributed by atoms with Gasteiger partial charge in [0.25, 0.3) is 5.91 Å². The van der Waals surface area contributed by atoms with E-state index in [-0.39, 0.29) is 18.9 Å². The molecule has 0 spiro atoms. The van der Waals surface area contributed by atoms with Crippen molar-refractivity contribution in [2.24, 2.45) is 0 Å². The van der Waals surface area contributed by atoms with Gasteiger partial charge in [-0.3, -0.25) is 9.59 Å². The highest BCUT2D eigenvalue weighted by atomic mass is 32.1. The number of nitrogens with one attached hydrogen (secondary N) is 1. The molecule has 3 aromatic carbocycles. The third kappa shape index (κ3) is 6.31. The van der Waals surface area contributed by atoms with E-state index in [1.54, 1.807) is 12.1 Å². The van der Waals surface area contributed by atoms with Gasteiger partial charge in [0.15, 0.2) is 16.8 Å². The van der Waals surface area contributed by atoms with Crippen LogP contribution in [0.15, 0.2) is 66.0 Å². The van der Waals surface area contributed by atoms with Crippen LogP contribution in [0, 0.1) is 11.6 Å². The molecule has 0 radical (unpaired) electrons. The van der Waals surface area contributed by atoms with E-state index in [1.807, 2.05) is 17.5 Å². The molecule has 6 nitrogen and oxygen atoms in total. The minimum atomic E-state index is -0.970. The van der Waals surface area contributed by atoms with Gasteiger partial charge in [0, 0.05) is 28.7 Å². The van der Waals surface area contributed by atoms with Crippen molar-refractivity contribution in [1.29, 1.82) is 0 Å². The summed E-state index contributed by atoms with van der Waals surface area (Å²) in [6, 6.07) is 17.4. The number of carboxylic acids is 1. The van der Waals surface area contributed by atoms with Crippen LogP contribution in [0.5, 0.6) is 0 Å². The van der Waals surface area contributed by atoms with E-state index >= 15 is 0 Å². The fourth-order valence-corrected chi connectivity index (χ4v) is 5.52. The van der Waals surface area contributed by atoms with Crippen LogP contribution in [0.3, 0.4) is 0 Å². The van der Waals surface area contributed by atoms with Crippen LogP contribution in [0.1, 0.15) is 46.3 Å². The van der Waals surface area contributed by atoms with E-state index in [9.17, 15) is 18.4 Å². The van der Waals surface area contributed by atoms with Crippen molar-refractivity contribution in [2.45, 2.75) is 38.6 Å². The standard InChI is InChI=1S/C30H27F2N3O3S/c31-25-12-10-23(16-26(25)32)27-18-39-30(34-27)35(24-11-9-20-3-1-2-4-22(20)15-24)17-19-5-7-21(8-6-19)29(38)33-14-13-28(36)37/h5-12,15-16,18H,1-4,13-14,17H2,(H,33,38)(H,36,37). The van der Waals surface area contributed by atoms with Crippen LogP contribution in [-0.2, 0) is 24.2 Å². The van der Waals surface area contributed by atoms with Gasteiger partial charge < -0.3 is 15.3 Å². The molecule has 0 saturated carbocycles. The number of hydrogen-bond donors (Lipinski definition) is 2. The molecule has 1 amide bonds. The number of thiazole rings is 1. The molecule has 0 saturated heterocycles. The summed E-state index contributed by atoms with van der Waals surface area (Å²) in [7, 11) is 0. The van der Waals surface area contributed by atoms with E-state index in [0.717, 1.165) is 42.6 Å². The van der Waals surface area contributed by atoms with Crippen LogP contribution in [0.4, 0.5) is 19.6 Å². The first-order chi connectivity index (χ1) is 18.9. The fraction of sp³-hybridized carbons (Fsp3) is 0.233. The SMILES string of the molecule is O=C(O)CCNC(=O)c1ccc(CN(c2ccc3c(c2)CCCC3)c2nc(-c3ccc(F)c(F)c3)cs2)cc1. The third-order valence-electron chi connectivity index (χ3n) is 6.76. The third-order valence-corrected chi connectivity index (χ3v) is 7.63. The Balaban J connectivity index is 1.42. The molecule has 1 heterocycles. The van der Waals surface area contributed by atoms with Gasteiger partial charge >= 0.3 is 5.97 Å². The maximum atomic E-state index is 13.9. The van der Waals surface area contributed by atoms with Crippen molar-refractivity contribution >= 4 is 34.0 Å². The Morgan fingerprint density at radius 2 is 1.72 bits per heavy atom. The topological polar surface area (TPSA) is 82.5 Å². The van der Waals surface area contributed by atoms with Crippen LogP contribution in [0.2, 0.25) is 0 Å². The number of amides is 1. The summed E-state index contributed by atoms with van der Waals surface area (Å²) < 4.78 is 27.3. The smallest absolute Gasteiger partial charge is 0.305 e. The highest BCUT2D eigenvalue weighted by Gasteiger charge is 2.19. The lowest BCUT2D eigenvalue weighted by Gasteiger charge is -2.25. The zero-order valence-corrected chi connectivity index (χ0v) is 21.9. The second-order valence-corrected chi connectivity index (χ2v) is 10.3. The number of aliphatic carboxylic acids is 1. The zero-order valence-electron chi connectivity index (χ0n) is 21.1. The molecule has 200 valence electrons. The number of aromatic nitrogens is 1. The monoisotopic (exact) mass is 547 g/mol. The number of fused-ring (bicyclic) bond motifs is 1. The number of aryl methyl sites for hydroxylation is 2. The normalized spacial score (nSPS) is 12.6. The van der Waals surface area contributed by atoms with Gasteiger partial charge in [-0.15, -0.1) is 11.3 Å². The Morgan fingerprint density at radius 1 is 0.949 bits per heavy atom. The summed E-state index contributed by atoms with van der Waals surface area (Å²) in [5, 5.41) is 13.9. The molecule has 0 aliphatic heterocycles. The first-order valence-electron chi connectivity index (χ1n) is 12.8. The number of carbonyl (C=O) groups is 2. The fourth-order valence-electron chi connectivity index (χ4n) is 4.66. The lowest BCUT2D eigenvalue weighted by Crippen LogP contribution is -2.26. The van der Waals surface area contributed by atoms with Gasteiger partial charge in [0.05, 0.1) is 18.7 Å². The number of rotatable bonds is 9. The number of hydrogen-bond acceptors (Lipinski definition) is 5. The average Bonchev–Trinajstić information content (AvgIpc) is 3.43. The van der Waals surface area contributed by atoms with Crippen molar-refractivity contribution in [2.75, 3.05) is 11.4 Å². The minimum absolute atomic E-state index is 0.0619. The minimum Gasteiger partial charge on any atom is -0.481 e. The summed E-state index contributed by atoms with van der Waals surface area (Å²) in [5.74, 6) is -3.11. The predicted octanol–water partition coefficient (Wildman–Crippen LogP) is 6.51. The molecular weight excluding hydrogens is 520 g/mol. The van der Waals surface area contributed by atoms with Gasteiger partial charge in [-0.05, 0) is 84.8 Å². The van der Waals surface area contributed by atoms with Crippen LogP contribution in [0.25, 0.3) is 11.3 Å². The molecule has 1 aliphatic carbocycles. The van der Waals surface area contributed by atoms with Gasteiger partial charge in [-0.2, -0.15) is 0 Å². The predicted molar refractivity (Wildman–Crippen MR) is 147 cm³/mol. The van der Waals surface area contributed by atoms with Gasteiger partial charge in [-0.25, -0.2) is 13.8 Å². The maximum absolute atomic E-state index is 13.9. The molecular formula is C30H27F2N3O3S. The molecule has 0 unspecified atom stereocenters. The van der Waals surface area contributed by atoms with Crippen molar-refractivity contribution < 1.29 is 23.5 Å². The second kappa shape index (κ2) is 11.7. The second-order valence-electron chi connectivity index (χ2n) is 9.49. The zero-order chi connectivity index (χ0) is 27.4. The molecule has 9 heteroatoms. The number of halogens is 2. The number of nitrogens with zero attached hydrogens (tertiary/aromatic N) is 2. The molecule has 39 heavy (non-hydrogen) atoms. The molecule has 1 aliphatic rings. The number of anilines is 2. The number of carbonyl (C=O) groups excluding carboxylic acids is 1. The molecule has 5 rings (SSSR count). The van der Waals surface area contributed by atoms with Crippen molar-refractivity contribution in [3.63, 3.8) is 0 Å². The largest absolute Gasteiger partial charge is 0.481 e. The van der Waals surface area contributed by atoms with E-state index in [4.69, 9.17) is 10.1 Å². The van der Waals surface area contributed by atoms with E-state index < -0.39 is 17.6 Å². The van der Waals surface area contributed by atoms with Crippen LogP contribution < -0.4 is 10.2 Å². The quantitative estimate of drug-likeness (QED) is 0.250. The Bertz CT molecular complexity index is 1500. The highest BCUT2D eigenvalue weighted by molar-refractivity contribution is 7.14. The lowest BCUT2D eigenvalue weighted by molar-refractivity contribution is -0.136. The Hall–Kier alpha value is -4.11. The molecule has 2 N–H and O–H groups in total. The Labute approximate surface area is 228 Å². The van der Waals surface area contributed by atoms with E-state index in [1.165, 1.54) is 35.0 Å². The van der Waals surface area contributed by atoms with E-state index in [2.05, 4.69) is 28.4 Å². The summed E-state index contributed by atoms with van der Waals surface area (Å²) in [6.07, 6.45) is 4.31. The van der Waals surface area contributed by atoms with Crippen LogP contribution in [-0.4, -0.2) is 28.5 Å². The molecule has 4 aromatic rings. The van der Waals surface area contributed by atoms with Crippen molar-refractivity contribution in [3.05, 3.63) is 99.9 Å². The first kappa shape index (κ1) is 26.5. The van der Waals surface area contributed by atoms with Gasteiger partial charge in [0.2, 0.25) is 0 Å². The highest BCUT2D eigenvalue weighted by Crippen LogP contribution is 2.36. The summed E-state index contributed by atoms with van der Waals surface area (Å²) in [4.78, 5) is 29.9. The Morgan fingerprint density at radius 3 is 2.46 bits per heavy atom. The first-order valence-corrected chi connectivity index (χ1v) is 13.6. The molecule has 0 atom stereocenters. The Kier molecular flexibility index (Phi) is 7.97. The van der Waals surface area contributed by atoms with Gasteiger partial charge in [0.1, 0.15) is 0 Å². The average molecular weight is 548 g/mol. The van der Waals surface area contributed by atoms with Crippen LogP contribution >= 0.6 is 11.3 Å². The van der Waals surface area contributed by atoms with Crippen molar-refractivity contribution in [3.8, 4) is 11.3 Å². The lowest BCUT2D eigenvalue weighted by atomic mass is 9.91. The molecule has 0 fully saturated rings. The molecule has 1 aromatic heterocycles. The summed E-state index contributed by atoms with van der Waals surface area (Å²) in [5.41, 5.74) is 6.13. The van der Waals surface area contributed by atoms with Crippen molar-refractivity contribution in [1.82, 2.24) is 10.3 Å². The summed E-state index contributed by atoms with van der Waals surface area (Å²) >= 11 is 1.42. The van der Waals surface area contributed by atoms with E-state index in [0.29, 0.717) is 28.5 Å². The van der Waals surface area contributed by atoms with Gasteiger partial charge in [-0.1, -0.05) is 18.2 Å². The molecule has 0 bridgehead atoms. The number of benzene rings is 3. The maximum Gasteiger partial charge on any atom is 0.305 e.